The Morgan fingerprint density at radius 1 is 1.07 bits per heavy atom. The van der Waals surface area contributed by atoms with Crippen LogP contribution in [0.5, 0.6) is 0 Å². The monoisotopic (exact) mass is 392 g/mol. The summed E-state index contributed by atoms with van der Waals surface area (Å²) in [5.74, 6) is -0.219. The van der Waals surface area contributed by atoms with E-state index in [1.807, 2.05) is 10.7 Å². The smallest absolute Gasteiger partial charge is 0.123 e. The van der Waals surface area contributed by atoms with Crippen LogP contribution in [0.15, 0.2) is 48.5 Å². The lowest BCUT2D eigenvalue weighted by Gasteiger charge is -2.14. The molecule has 0 saturated heterocycles. The first-order valence-electron chi connectivity index (χ1n) is 9.56. The summed E-state index contributed by atoms with van der Waals surface area (Å²) in [7, 11) is 2.12. The molecule has 28 heavy (non-hydrogen) atoms. The first-order chi connectivity index (χ1) is 13.7. The van der Waals surface area contributed by atoms with E-state index in [4.69, 9.17) is 10.1 Å². The summed E-state index contributed by atoms with van der Waals surface area (Å²) < 4.78 is 16.5. The summed E-state index contributed by atoms with van der Waals surface area (Å²) in [6.45, 7) is 1.59. The van der Waals surface area contributed by atoms with Gasteiger partial charge in [0.25, 0.3) is 0 Å². The predicted molar refractivity (Wildman–Crippen MR) is 110 cm³/mol. The molecule has 0 spiro atoms. The van der Waals surface area contributed by atoms with Gasteiger partial charge in [-0.15, -0.1) is 11.3 Å². The molecular weight excluding hydrogens is 371 g/mol. The third kappa shape index (κ3) is 3.23. The Labute approximate surface area is 167 Å². The van der Waals surface area contributed by atoms with Crippen molar-refractivity contribution in [3.8, 4) is 5.69 Å². The van der Waals surface area contributed by atoms with Crippen LogP contribution in [0.3, 0.4) is 0 Å². The van der Waals surface area contributed by atoms with Crippen LogP contribution >= 0.6 is 11.3 Å². The molecule has 1 aliphatic carbocycles. The zero-order valence-corrected chi connectivity index (χ0v) is 16.5. The first-order valence-corrected chi connectivity index (χ1v) is 10.4. The highest BCUT2D eigenvalue weighted by Crippen LogP contribution is 2.29. The van der Waals surface area contributed by atoms with Crippen molar-refractivity contribution in [1.82, 2.24) is 19.7 Å². The highest BCUT2D eigenvalue weighted by Gasteiger charge is 2.24. The lowest BCUT2D eigenvalue weighted by atomic mass is 10.2. The third-order valence-corrected chi connectivity index (χ3v) is 6.27. The number of rotatable bonds is 5. The molecule has 142 valence electrons. The molecule has 0 aliphatic heterocycles. The Balaban J connectivity index is 1.39. The average molecular weight is 393 g/mol. The van der Waals surface area contributed by atoms with Gasteiger partial charge in [-0.3, -0.25) is 4.90 Å². The topological polar surface area (TPSA) is 34.0 Å². The van der Waals surface area contributed by atoms with Gasteiger partial charge >= 0.3 is 0 Å². The zero-order chi connectivity index (χ0) is 19.1. The summed E-state index contributed by atoms with van der Waals surface area (Å²) in [6.07, 6.45) is 3.26. The number of fused-ring (bicyclic) bond motifs is 2. The molecule has 1 aliphatic rings. The standard InChI is InChI=1S/C22H21FN4S/c1-26(14-22-24-18-6-2-3-8-21(18)28-22)13-19-17-5-4-7-20(17)27(25-19)16-11-9-15(23)10-12-16/h2-3,6,8-12H,4-5,7,13-14H2,1H3. The minimum absolute atomic E-state index is 0.219. The second-order valence-electron chi connectivity index (χ2n) is 7.36. The number of aromatic nitrogens is 3. The Bertz CT molecular complexity index is 1100. The van der Waals surface area contributed by atoms with E-state index in [1.54, 1.807) is 23.5 Å². The van der Waals surface area contributed by atoms with E-state index in [-0.39, 0.29) is 5.82 Å². The van der Waals surface area contributed by atoms with Crippen LogP contribution in [0.4, 0.5) is 4.39 Å². The molecule has 0 N–H and O–H groups in total. The second kappa shape index (κ2) is 7.11. The normalized spacial score (nSPS) is 13.5. The summed E-state index contributed by atoms with van der Waals surface area (Å²) in [5, 5.41) is 6.02. The van der Waals surface area contributed by atoms with E-state index in [2.05, 4.69) is 30.1 Å². The van der Waals surface area contributed by atoms with Gasteiger partial charge in [0, 0.05) is 12.2 Å². The first kappa shape index (κ1) is 17.5. The van der Waals surface area contributed by atoms with Crippen molar-refractivity contribution in [1.29, 1.82) is 0 Å². The van der Waals surface area contributed by atoms with Crippen LogP contribution in [0, 0.1) is 5.82 Å². The molecule has 5 rings (SSSR count). The van der Waals surface area contributed by atoms with Crippen molar-refractivity contribution >= 4 is 21.6 Å². The Morgan fingerprint density at radius 3 is 2.71 bits per heavy atom. The van der Waals surface area contributed by atoms with Crippen molar-refractivity contribution in [2.24, 2.45) is 0 Å². The number of halogens is 1. The van der Waals surface area contributed by atoms with Gasteiger partial charge < -0.3 is 0 Å². The quantitative estimate of drug-likeness (QED) is 0.492. The van der Waals surface area contributed by atoms with Crippen LogP contribution in [-0.4, -0.2) is 26.7 Å². The SMILES string of the molecule is CN(Cc1nc2ccccc2s1)Cc1nn(-c2ccc(F)cc2)c2c1CCC2. The second-order valence-corrected chi connectivity index (χ2v) is 8.48. The largest absolute Gasteiger partial charge is 0.294 e. The van der Waals surface area contributed by atoms with Gasteiger partial charge in [0.15, 0.2) is 0 Å². The molecule has 0 bridgehead atoms. The van der Waals surface area contributed by atoms with Crippen LogP contribution in [0.2, 0.25) is 0 Å². The highest BCUT2D eigenvalue weighted by molar-refractivity contribution is 7.18. The molecule has 4 nitrogen and oxygen atoms in total. The molecule has 2 aromatic heterocycles. The summed E-state index contributed by atoms with van der Waals surface area (Å²) >= 11 is 1.75. The van der Waals surface area contributed by atoms with Gasteiger partial charge in [-0.2, -0.15) is 5.10 Å². The van der Waals surface area contributed by atoms with Crippen molar-refractivity contribution in [3.63, 3.8) is 0 Å². The maximum Gasteiger partial charge on any atom is 0.123 e. The molecular formula is C22H21FN4S. The van der Waals surface area contributed by atoms with Gasteiger partial charge in [-0.25, -0.2) is 14.1 Å². The number of hydrogen-bond donors (Lipinski definition) is 0. The van der Waals surface area contributed by atoms with Gasteiger partial charge in [0.05, 0.1) is 28.1 Å². The van der Waals surface area contributed by atoms with E-state index in [1.165, 1.54) is 28.1 Å². The van der Waals surface area contributed by atoms with E-state index < -0.39 is 0 Å². The number of benzene rings is 2. The van der Waals surface area contributed by atoms with Gasteiger partial charge in [-0.05, 0) is 68.3 Å². The van der Waals surface area contributed by atoms with Gasteiger partial charge in [-0.1, -0.05) is 12.1 Å². The molecule has 0 radical (unpaired) electrons. The molecule has 4 aromatic rings. The third-order valence-electron chi connectivity index (χ3n) is 5.25. The molecule has 0 atom stereocenters. The predicted octanol–water partition coefficient (Wildman–Crippen LogP) is 4.74. The molecule has 0 amide bonds. The van der Waals surface area contributed by atoms with Gasteiger partial charge in [0.1, 0.15) is 10.8 Å². The van der Waals surface area contributed by atoms with Crippen LogP contribution in [0.25, 0.3) is 15.9 Å². The maximum atomic E-state index is 13.3. The van der Waals surface area contributed by atoms with Crippen LogP contribution in [-0.2, 0) is 25.9 Å². The minimum Gasteiger partial charge on any atom is -0.294 e. The molecule has 0 saturated carbocycles. The highest BCUT2D eigenvalue weighted by atomic mass is 32.1. The molecule has 2 aromatic carbocycles. The summed E-state index contributed by atoms with van der Waals surface area (Å²) in [4.78, 5) is 7.02. The summed E-state index contributed by atoms with van der Waals surface area (Å²) in [6, 6.07) is 14.9. The van der Waals surface area contributed by atoms with Gasteiger partial charge in [0.2, 0.25) is 0 Å². The van der Waals surface area contributed by atoms with Crippen molar-refractivity contribution < 1.29 is 4.39 Å². The fourth-order valence-corrected chi connectivity index (χ4v) is 5.01. The summed E-state index contributed by atoms with van der Waals surface area (Å²) in [5.41, 5.74) is 5.76. The Morgan fingerprint density at radius 2 is 1.89 bits per heavy atom. The average Bonchev–Trinajstić information content (AvgIpc) is 3.38. The van der Waals surface area contributed by atoms with Crippen molar-refractivity contribution in [2.45, 2.75) is 32.4 Å². The molecule has 0 unspecified atom stereocenters. The van der Waals surface area contributed by atoms with Crippen LogP contribution in [0.1, 0.15) is 28.4 Å². The van der Waals surface area contributed by atoms with E-state index in [0.29, 0.717) is 0 Å². The van der Waals surface area contributed by atoms with Crippen molar-refractivity contribution in [3.05, 3.63) is 76.3 Å². The number of para-hydroxylation sites is 1. The number of nitrogens with zero attached hydrogens (tertiary/aromatic N) is 4. The lowest BCUT2D eigenvalue weighted by molar-refractivity contribution is 0.313. The number of hydrogen-bond acceptors (Lipinski definition) is 4. The fraction of sp³-hybridized carbons (Fsp3) is 0.273. The maximum absolute atomic E-state index is 13.3. The van der Waals surface area contributed by atoms with Crippen molar-refractivity contribution in [2.75, 3.05) is 7.05 Å². The molecule has 0 fully saturated rings. The van der Waals surface area contributed by atoms with Crippen LogP contribution < -0.4 is 0 Å². The van der Waals surface area contributed by atoms with E-state index >= 15 is 0 Å². The number of thiazole rings is 1. The van der Waals surface area contributed by atoms with E-state index in [0.717, 1.165) is 54.3 Å². The Kier molecular flexibility index (Phi) is 4.45. The molecule has 6 heteroatoms. The fourth-order valence-electron chi connectivity index (χ4n) is 3.97. The molecule has 2 heterocycles. The van der Waals surface area contributed by atoms with E-state index in [9.17, 15) is 4.39 Å². The Hall–Kier alpha value is -2.57. The minimum atomic E-state index is -0.219. The zero-order valence-electron chi connectivity index (χ0n) is 15.7. The lowest BCUT2D eigenvalue weighted by Crippen LogP contribution is -2.18.